The summed E-state index contributed by atoms with van der Waals surface area (Å²) in [6.45, 7) is 3.37. The van der Waals surface area contributed by atoms with Crippen LogP contribution in [0.2, 0.25) is 0 Å². The van der Waals surface area contributed by atoms with Crippen molar-refractivity contribution >= 4 is 17.6 Å². The highest BCUT2D eigenvalue weighted by Crippen LogP contribution is 2.24. The van der Waals surface area contributed by atoms with Crippen molar-refractivity contribution in [3.05, 3.63) is 54.1 Å². The van der Waals surface area contributed by atoms with Gasteiger partial charge >= 0.3 is 6.03 Å². The second kappa shape index (κ2) is 9.12. The van der Waals surface area contributed by atoms with Gasteiger partial charge < -0.3 is 25.0 Å². The van der Waals surface area contributed by atoms with Crippen molar-refractivity contribution in [3.63, 3.8) is 0 Å². The number of hydrogen-bond acceptors (Lipinski definition) is 4. The number of hydrogen-bond donors (Lipinski definition) is 2. The van der Waals surface area contributed by atoms with E-state index in [2.05, 4.69) is 10.6 Å². The lowest BCUT2D eigenvalue weighted by Crippen LogP contribution is -2.43. The Kier molecular flexibility index (Phi) is 6.37. The van der Waals surface area contributed by atoms with Crippen molar-refractivity contribution in [2.75, 3.05) is 25.2 Å². The Hall–Kier alpha value is -3.22. The fraction of sp³-hybridized carbons (Fsp3) is 0.333. The van der Waals surface area contributed by atoms with Crippen molar-refractivity contribution < 1.29 is 19.1 Å². The topological polar surface area (TPSA) is 79.9 Å². The average molecular weight is 383 g/mol. The lowest BCUT2D eigenvalue weighted by Gasteiger charge is -2.18. The van der Waals surface area contributed by atoms with Gasteiger partial charge in [-0.2, -0.15) is 0 Å². The average Bonchev–Trinajstić information content (AvgIpc) is 3.07. The molecule has 0 radical (unpaired) electrons. The first-order valence-electron chi connectivity index (χ1n) is 9.29. The van der Waals surface area contributed by atoms with Crippen LogP contribution < -0.4 is 25.0 Å². The first kappa shape index (κ1) is 19.5. The van der Waals surface area contributed by atoms with Crippen LogP contribution in [0.5, 0.6) is 11.5 Å². The smallest absolute Gasteiger partial charge is 0.315 e. The third-order valence-corrected chi connectivity index (χ3v) is 4.53. The highest BCUT2D eigenvalue weighted by atomic mass is 16.5. The molecule has 0 spiro atoms. The molecule has 0 aliphatic carbocycles. The monoisotopic (exact) mass is 383 g/mol. The first-order chi connectivity index (χ1) is 13.6. The van der Waals surface area contributed by atoms with Crippen LogP contribution in [0, 0.1) is 0 Å². The van der Waals surface area contributed by atoms with E-state index in [0.717, 1.165) is 22.7 Å². The molecule has 0 aromatic heterocycles. The molecule has 3 amide bonds. The highest BCUT2D eigenvalue weighted by Gasteiger charge is 2.31. The number of urea groups is 1. The molecule has 1 saturated heterocycles. The van der Waals surface area contributed by atoms with E-state index in [4.69, 9.17) is 9.47 Å². The normalized spacial score (nSPS) is 16.0. The van der Waals surface area contributed by atoms with Crippen molar-refractivity contribution in [2.24, 2.45) is 0 Å². The minimum Gasteiger partial charge on any atom is -0.497 e. The minimum absolute atomic E-state index is 0.00962. The van der Waals surface area contributed by atoms with Crippen LogP contribution >= 0.6 is 0 Å². The lowest BCUT2D eigenvalue weighted by atomic mass is 10.2. The fourth-order valence-corrected chi connectivity index (χ4v) is 3.10. The van der Waals surface area contributed by atoms with Crippen LogP contribution in [-0.4, -0.2) is 38.2 Å². The van der Waals surface area contributed by atoms with Gasteiger partial charge in [0, 0.05) is 25.2 Å². The standard InChI is InChI=1S/C21H25N3O4/c1-3-28-19-10-6-17(7-11-19)24-14-16(12-20(24)25)23-21(26)22-13-15-4-8-18(27-2)9-5-15/h4-11,16H,3,12-14H2,1-2H3,(H2,22,23,26). The molecule has 148 valence electrons. The van der Waals surface area contributed by atoms with Crippen LogP contribution in [0.1, 0.15) is 18.9 Å². The molecule has 2 N–H and O–H groups in total. The molecule has 1 aliphatic heterocycles. The summed E-state index contributed by atoms with van der Waals surface area (Å²) in [4.78, 5) is 26.2. The number of rotatable bonds is 7. The van der Waals surface area contributed by atoms with Crippen LogP contribution in [0.15, 0.2) is 48.5 Å². The van der Waals surface area contributed by atoms with Gasteiger partial charge in [-0.3, -0.25) is 4.79 Å². The summed E-state index contributed by atoms with van der Waals surface area (Å²) in [6, 6.07) is 14.4. The Morgan fingerprint density at radius 2 is 1.79 bits per heavy atom. The van der Waals surface area contributed by atoms with Crippen LogP contribution in [0.25, 0.3) is 0 Å². The Morgan fingerprint density at radius 3 is 2.43 bits per heavy atom. The molecule has 1 aliphatic rings. The quantitative estimate of drug-likeness (QED) is 0.770. The summed E-state index contributed by atoms with van der Waals surface area (Å²) in [5.74, 6) is 1.53. The van der Waals surface area contributed by atoms with Crippen molar-refractivity contribution in [1.29, 1.82) is 0 Å². The van der Waals surface area contributed by atoms with E-state index in [1.165, 1.54) is 0 Å². The second-order valence-electron chi connectivity index (χ2n) is 6.51. The summed E-state index contributed by atoms with van der Waals surface area (Å²) >= 11 is 0. The largest absolute Gasteiger partial charge is 0.497 e. The second-order valence-corrected chi connectivity index (χ2v) is 6.51. The molecule has 7 heteroatoms. The van der Waals surface area contributed by atoms with E-state index in [1.807, 2.05) is 55.5 Å². The molecule has 7 nitrogen and oxygen atoms in total. The van der Waals surface area contributed by atoms with Gasteiger partial charge in [0.15, 0.2) is 0 Å². The Labute approximate surface area is 164 Å². The number of benzene rings is 2. The van der Waals surface area contributed by atoms with Crippen LogP contribution in [0.3, 0.4) is 0 Å². The SMILES string of the molecule is CCOc1ccc(N2CC(NC(=O)NCc3ccc(OC)cc3)CC2=O)cc1. The van der Waals surface area contributed by atoms with Crippen molar-refractivity contribution in [2.45, 2.75) is 25.9 Å². The third-order valence-electron chi connectivity index (χ3n) is 4.53. The highest BCUT2D eigenvalue weighted by molar-refractivity contribution is 5.96. The predicted molar refractivity (Wildman–Crippen MR) is 107 cm³/mol. The Bertz CT molecular complexity index is 805. The van der Waals surface area contributed by atoms with E-state index in [0.29, 0.717) is 19.7 Å². The first-order valence-corrected chi connectivity index (χ1v) is 9.29. The zero-order valence-electron chi connectivity index (χ0n) is 16.1. The predicted octanol–water partition coefficient (Wildman–Crippen LogP) is 2.70. The molecule has 0 bridgehead atoms. The minimum atomic E-state index is -0.290. The number of anilines is 1. The summed E-state index contributed by atoms with van der Waals surface area (Å²) in [6.07, 6.45) is 0.281. The van der Waals surface area contributed by atoms with E-state index < -0.39 is 0 Å². The summed E-state index contributed by atoms with van der Waals surface area (Å²) < 4.78 is 10.5. The fourth-order valence-electron chi connectivity index (χ4n) is 3.10. The molecule has 28 heavy (non-hydrogen) atoms. The molecule has 1 heterocycles. The number of carbonyl (C=O) groups excluding carboxylic acids is 2. The molecule has 0 saturated carbocycles. The van der Waals surface area contributed by atoms with Gasteiger partial charge in [0.2, 0.25) is 5.91 Å². The maximum atomic E-state index is 12.3. The third kappa shape index (κ3) is 4.94. The molecule has 1 atom stereocenters. The van der Waals surface area contributed by atoms with Crippen molar-refractivity contribution in [3.8, 4) is 11.5 Å². The molecule has 1 unspecified atom stereocenters. The van der Waals surface area contributed by atoms with E-state index >= 15 is 0 Å². The van der Waals surface area contributed by atoms with Gasteiger partial charge in [-0.25, -0.2) is 4.79 Å². The zero-order chi connectivity index (χ0) is 19.9. The van der Waals surface area contributed by atoms with Crippen molar-refractivity contribution in [1.82, 2.24) is 10.6 Å². The molecule has 3 rings (SSSR count). The zero-order valence-corrected chi connectivity index (χ0v) is 16.1. The summed E-state index contributed by atoms with van der Waals surface area (Å²) in [7, 11) is 1.61. The van der Waals surface area contributed by atoms with Crippen LogP contribution in [0.4, 0.5) is 10.5 Å². The molecular weight excluding hydrogens is 358 g/mol. The summed E-state index contributed by atoms with van der Waals surface area (Å²) in [5.41, 5.74) is 1.77. The number of nitrogens with one attached hydrogen (secondary N) is 2. The Morgan fingerprint density at radius 1 is 1.11 bits per heavy atom. The molecule has 2 aromatic carbocycles. The number of carbonyl (C=O) groups is 2. The Balaban J connectivity index is 1.49. The van der Waals surface area contributed by atoms with Gasteiger partial charge in [0.05, 0.1) is 19.8 Å². The number of methoxy groups -OCH3 is 1. The summed E-state index contributed by atoms with van der Waals surface area (Å²) in [5, 5.41) is 5.69. The van der Waals surface area contributed by atoms with E-state index in [1.54, 1.807) is 12.0 Å². The van der Waals surface area contributed by atoms with Crippen LogP contribution in [-0.2, 0) is 11.3 Å². The maximum absolute atomic E-state index is 12.3. The van der Waals surface area contributed by atoms with Gasteiger partial charge in [0.25, 0.3) is 0 Å². The number of amides is 3. The number of nitrogens with zero attached hydrogens (tertiary/aromatic N) is 1. The van der Waals surface area contributed by atoms with Gasteiger partial charge in [-0.05, 0) is 48.9 Å². The lowest BCUT2D eigenvalue weighted by molar-refractivity contribution is -0.117. The maximum Gasteiger partial charge on any atom is 0.315 e. The van der Waals surface area contributed by atoms with E-state index in [-0.39, 0.29) is 24.4 Å². The van der Waals surface area contributed by atoms with Gasteiger partial charge in [-0.15, -0.1) is 0 Å². The molecule has 2 aromatic rings. The van der Waals surface area contributed by atoms with E-state index in [9.17, 15) is 9.59 Å². The molecular formula is C21H25N3O4. The van der Waals surface area contributed by atoms with Gasteiger partial charge in [-0.1, -0.05) is 12.1 Å². The number of ether oxygens (including phenoxy) is 2. The van der Waals surface area contributed by atoms with Gasteiger partial charge in [0.1, 0.15) is 11.5 Å². The molecule has 1 fully saturated rings.